The third kappa shape index (κ3) is 5.31. The Balaban J connectivity index is 2.17. The summed E-state index contributed by atoms with van der Waals surface area (Å²) in [4.78, 5) is 22.6. The van der Waals surface area contributed by atoms with E-state index in [9.17, 15) is 9.59 Å². The van der Waals surface area contributed by atoms with E-state index in [2.05, 4.69) is 19.2 Å². The van der Waals surface area contributed by atoms with Crippen LogP contribution < -0.4 is 5.32 Å². The summed E-state index contributed by atoms with van der Waals surface area (Å²) in [7, 11) is 0. The molecule has 98 valence electrons. The molecular formula is C13H23NO3. The number of hydrogen-bond acceptors (Lipinski definition) is 3. The number of Topliss-reactive ketones (excluding diaryl/α,β-unsaturated/α-hetero) is 1. The maximum absolute atomic E-state index is 11.6. The van der Waals surface area contributed by atoms with Gasteiger partial charge in [0.2, 0.25) is 5.91 Å². The van der Waals surface area contributed by atoms with Crippen LogP contribution in [0.3, 0.4) is 0 Å². The molecule has 1 amide bonds. The summed E-state index contributed by atoms with van der Waals surface area (Å²) in [6, 6.07) is 0.166. The largest absolute Gasteiger partial charge is 0.368 e. The summed E-state index contributed by atoms with van der Waals surface area (Å²) in [5.41, 5.74) is 0. The molecule has 0 aromatic heterocycles. The molecule has 0 radical (unpaired) electrons. The molecule has 1 unspecified atom stereocenters. The van der Waals surface area contributed by atoms with Gasteiger partial charge in [-0.1, -0.05) is 13.8 Å². The molecule has 4 heteroatoms. The van der Waals surface area contributed by atoms with E-state index in [1.807, 2.05) is 6.92 Å². The van der Waals surface area contributed by atoms with E-state index < -0.39 is 0 Å². The topological polar surface area (TPSA) is 55.4 Å². The van der Waals surface area contributed by atoms with E-state index in [0.29, 0.717) is 24.5 Å². The van der Waals surface area contributed by atoms with Crippen molar-refractivity contribution in [3.63, 3.8) is 0 Å². The number of hydrogen-bond donors (Lipinski definition) is 1. The van der Waals surface area contributed by atoms with E-state index in [-0.39, 0.29) is 24.7 Å². The third-order valence-electron chi connectivity index (χ3n) is 3.33. The van der Waals surface area contributed by atoms with E-state index in [1.54, 1.807) is 0 Å². The molecule has 0 spiro atoms. The van der Waals surface area contributed by atoms with Gasteiger partial charge in [-0.25, -0.2) is 0 Å². The molecule has 1 fully saturated rings. The van der Waals surface area contributed by atoms with E-state index in [0.717, 1.165) is 12.8 Å². The van der Waals surface area contributed by atoms with Crippen LogP contribution in [0.5, 0.6) is 0 Å². The van der Waals surface area contributed by atoms with E-state index >= 15 is 0 Å². The summed E-state index contributed by atoms with van der Waals surface area (Å²) in [5.74, 6) is 0.664. The predicted molar refractivity (Wildman–Crippen MR) is 65.7 cm³/mol. The van der Waals surface area contributed by atoms with Crippen LogP contribution in [0.25, 0.3) is 0 Å². The highest BCUT2D eigenvalue weighted by molar-refractivity contribution is 5.79. The lowest BCUT2D eigenvalue weighted by atomic mass is 9.96. The fourth-order valence-corrected chi connectivity index (χ4v) is 1.74. The molecule has 0 aromatic rings. The average molecular weight is 241 g/mol. The molecule has 4 nitrogen and oxygen atoms in total. The highest BCUT2D eigenvalue weighted by Gasteiger charge is 2.20. The fraction of sp³-hybridized carbons (Fsp3) is 0.846. The first-order chi connectivity index (χ1) is 7.99. The monoisotopic (exact) mass is 241 g/mol. The van der Waals surface area contributed by atoms with Gasteiger partial charge in [0.15, 0.2) is 0 Å². The number of ether oxygens (including phenoxy) is 1. The Hall–Kier alpha value is -0.900. The smallest absolute Gasteiger partial charge is 0.246 e. The minimum Gasteiger partial charge on any atom is -0.368 e. The van der Waals surface area contributed by atoms with Crippen molar-refractivity contribution in [3.05, 3.63) is 0 Å². The number of amides is 1. The molecule has 1 saturated carbocycles. The fourth-order valence-electron chi connectivity index (χ4n) is 1.74. The lowest BCUT2D eigenvalue weighted by molar-refractivity contribution is -0.130. The van der Waals surface area contributed by atoms with Gasteiger partial charge in [-0.15, -0.1) is 0 Å². The van der Waals surface area contributed by atoms with Gasteiger partial charge in [-0.2, -0.15) is 0 Å². The third-order valence-corrected chi connectivity index (χ3v) is 3.33. The zero-order valence-electron chi connectivity index (χ0n) is 11.0. The Bertz CT molecular complexity index is 266. The maximum Gasteiger partial charge on any atom is 0.246 e. The molecule has 1 aliphatic carbocycles. The van der Waals surface area contributed by atoms with Crippen molar-refractivity contribution in [2.24, 2.45) is 5.92 Å². The molecule has 0 bridgehead atoms. The zero-order valence-corrected chi connectivity index (χ0v) is 11.0. The van der Waals surface area contributed by atoms with Gasteiger partial charge in [-0.05, 0) is 25.7 Å². The quantitative estimate of drug-likeness (QED) is 0.796. The Morgan fingerprint density at radius 3 is 2.47 bits per heavy atom. The first kappa shape index (κ1) is 14.2. The number of rotatable bonds is 5. The van der Waals surface area contributed by atoms with Crippen molar-refractivity contribution in [1.82, 2.24) is 5.32 Å². The second kappa shape index (κ2) is 6.74. The molecule has 17 heavy (non-hydrogen) atoms. The molecular weight excluding hydrogens is 218 g/mol. The SMILES string of the molecule is CC(C)C(C)NC(=O)COC1CCC(=O)CC1. The van der Waals surface area contributed by atoms with Crippen LogP contribution in [0, 0.1) is 5.92 Å². The number of carbonyl (C=O) groups excluding carboxylic acids is 2. The molecule has 0 saturated heterocycles. The second-order valence-electron chi connectivity index (χ2n) is 5.15. The van der Waals surface area contributed by atoms with Crippen LogP contribution in [-0.2, 0) is 14.3 Å². The van der Waals surface area contributed by atoms with Crippen LogP contribution >= 0.6 is 0 Å². The Labute approximate surface area is 103 Å². The highest BCUT2D eigenvalue weighted by atomic mass is 16.5. The number of carbonyl (C=O) groups is 2. The van der Waals surface area contributed by atoms with Gasteiger partial charge in [0.1, 0.15) is 12.4 Å². The van der Waals surface area contributed by atoms with E-state index in [1.165, 1.54) is 0 Å². The Morgan fingerprint density at radius 1 is 1.35 bits per heavy atom. The maximum atomic E-state index is 11.6. The van der Waals surface area contributed by atoms with Crippen LogP contribution in [0.1, 0.15) is 46.5 Å². The van der Waals surface area contributed by atoms with Gasteiger partial charge in [-0.3, -0.25) is 9.59 Å². The lowest BCUT2D eigenvalue weighted by Gasteiger charge is -2.22. The van der Waals surface area contributed by atoms with Crippen molar-refractivity contribution >= 4 is 11.7 Å². The number of nitrogens with one attached hydrogen (secondary N) is 1. The standard InChI is InChI=1S/C13H23NO3/c1-9(2)10(3)14-13(16)8-17-12-6-4-11(15)5-7-12/h9-10,12H,4-8H2,1-3H3,(H,14,16). The van der Waals surface area contributed by atoms with Crippen molar-refractivity contribution in [2.45, 2.75) is 58.6 Å². The first-order valence-electron chi connectivity index (χ1n) is 6.41. The van der Waals surface area contributed by atoms with Crippen molar-refractivity contribution in [2.75, 3.05) is 6.61 Å². The summed E-state index contributed by atoms with van der Waals surface area (Å²) in [6.07, 6.45) is 2.77. The average Bonchev–Trinajstić information content (AvgIpc) is 2.28. The molecule has 1 atom stereocenters. The molecule has 1 rings (SSSR count). The summed E-state index contributed by atoms with van der Waals surface area (Å²) < 4.78 is 5.51. The van der Waals surface area contributed by atoms with Gasteiger partial charge in [0.25, 0.3) is 0 Å². The molecule has 1 N–H and O–H groups in total. The van der Waals surface area contributed by atoms with Crippen LogP contribution in [0.4, 0.5) is 0 Å². The summed E-state index contributed by atoms with van der Waals surface area (Å²) in [6.45, 7) is 6.23. The van der Waals surface area contributed by atoms with Crippen molar-refractivity contribution in [1.29, 1.82) is 0 Å². The van der Waals surface area contributed by atoms with Gasteiger partial charge >= 0.3 is 0 Å². The van der Waals surface area contributed by atoms with Crippen LogP contribution in [0.2, 0.25) is 0 Å². The highest BCUT2D eigenvalue weighted by Crippen LogP contribution is 2.17. The second-order valence-corrected chi connectivity index (χ2v) is 5.15. The molecule has 0 aliphatic heterocycles. The molecule has 1 aliphatic rings. The Kier molecular flexibility index (Phi) is 5.62. The zero-order chi connectivity index (χ0) is 12.8. The van der Waals surface area contributed by atoms with Gasteiger partial charge in [0, 0.05) is 18.9 Å². The minimum absolute atomic E-state index is 0.0666. The van der Waals surface area contributed by atoms with Crippen molar-refractivity contribution < 1.29 is 14.3 Å². The van der Waals surface area contributed by atoms with Crippen LogP contribution in [0.15, 0.2) is 0 Å². The normalized spacial score (nSPS) is 19.4. The van der Waals surface area contributed by atoms with Gasteiger partial charge < -0.3 is 10.1 Å². The van der Waals surface area contributed by atoms with Crippen molar-refractivity contribution in [3.8, 4) is 0 Å². The predicted octanol–water partition coefficient (Wildman–Crippen LogP) is 1.68. The summed E-state index contributed by atoms with van der Waals surface area (Å²) in [5, 5.41) is 2.90. The first-order valence-corrected chi connectivity index (χ1v) is 6.41. The Morgan fingerprint density at radius 2 is 1.94 bits per heavy atom. The summed E-state index contributed by atoms with van der Waals surface area (Å²) >= 11 is 0. The lowest BCUT2D eigenvalue weighted by Crippen LogP contribution is -2.39. The molecule has 0 aromatic carbocycles. The van der Waals surface area contributed by atoms with Gasteiger partial charge in [0.05, 0.1) is 6.10 Å². The van der Waals surface area contributed by atoms with Crippen LogP contribution in [-0.4, -0.2) is 30.4 Å². The van der Waals surface area contributed by atoms with E-state index in [4.69, 9.17) is 4.74 Å². The minimum atomic E-state index is -0.0666. The molecule has 0 heterocycles. The number of ketones is 1.